The summed E-state index contributed by atoms with van der Waals surface area (Å²) in [5, 5.41) is 34.1. The molecule has 1 saturated carbocycles. The van der Waals surface area contributed by atoms with Crippen molar-refractivity contribution in [2.75, 3.05) is 12.3 Å². The fourth-order valence-electron chi connectivity index (χ4n) is 4.37. The number of aliphatic hydroxyl groups is 3. The lowest BCUT2D eigenvalue weighted by Crippen LogP contribution is -2.42. The van der Waals surface area contributed by atoms with Gasteiger partial charge in [0.1, 0.15) is 23.3 Å². The summed E-state index contributed by atoms with van der Waals surface area (Å²) in [6.07, 6.45) is -0.699. The molecule has 3 heterocycles. The Morgan fingerprint density at radius 2 is 2.19 bits per heavy atom. The van der Waals surface area contributed by atoms with E-state index in [1.807, 2.05) is 0 Å². The predicted molar refractivity (Wildman–Crippen MR) is 114 cm³/mol. The summed E-state index contributed by atoms with van der Waals surface area (Å²) in [5.74, 6) is 5.74. The molecule has 6 N–H and O–H groups in total. The molecule has 0 radical (unpaired) electrons. The van der Waals surface area contributed by atoms with Gasteiger partial charge in [0.15, 0.2) is 23.8 Å². The number of nitrogens with one attached hydrogen (secondary N) is 1. The van der Waals surface area contributed by atoms with Gasteiger partial charge in [0.2, 0.25) is 5.82 Å². The Labute approximate surface area is 185 Å². The Kier molecular flexibility index (Phi) is 6.05. The number of hydrogen-bond donors (Lipinski definition) is 5. The maximum Gasteiger partial charge on any atom is 0.252 e. The molecular weight excluding hydrogens is 416 g/mol. The van der Waals surface area contributed by atoms with E-state index >= 15 is 0 Å². The van der Waals surface area contributed by atoms with Crippen molar-refractivity contribution in [2.24, 2.45) is 5.92 Å². The Hall–Kier alpha value is -2.78. The van der Waals surface area contributed by atoms with Crippen molar-refractivity contribution >= 4 is 22.9 Å². The number of nitrogens with two attached hydrogens (primary N) is 1. The topological polar surface area (TPSA) is 169 Å². The lowest BCUT2D eigenvalue weighted by Gasteiger charge is -2.30. The third kappa shape index (κ3) is 4.14. The molecular formula is C21H28N6O5. The third-order valence-corrected chi connectivity index (χ3v) is 5.95. The number of imidazole rings is 1. The summed E-state index contributed by atoms with van der Waals surface area (Å²) in [7, 11) is 0. The van der Waals surface area contributed by atoms with Gasteiger partial charge in [-0.1, -0.05) is 19.3 Å². The average molecular weight is 444 g/mol. The maximum absolute atomic E-state index is 12.2. The van der Waals surface area contributed by atoms with Crippen LogP contribution in [0, 0.1) is 17.8 Å². The minimum atomic E-state index is -1.43. The second-order valence-electron chi connectivity index (χ2n) is 8.56. The number of carbonyl (C=O) groups is 1. The van der Waals surface area contributed by atoms with Crippen LogP contribution in [-0.2, 0) is 9.53 Å². The van der Waals surface area contributed by atoms with Gasteiger partial charge in [0, 0.05) is 6.54 Å². The number of ether oxygens (including phenoxy) is 1. The lowest BCUT2D eigenvalue weighted by molar-refractivity contribution is -0.137. The van der Waals surface area contributed by atoms with E-state index < -0.39 is 36.0 Å². The van der Waals surface area contributed by atoms with Gasteiger partial charge in [-0.25, -0.2) is 15.0 Å². The molecule has 1 aliphatic carbocycles. The quantitative estimate of drug-likeness (QED) is 0.390. The molecule has 2 fully saturated rings. The van der Waals surface area contributed by atoms with Gasteiger partial charge in [0.05, 0.1) is 6.33 Å². The summed E-state index contributed by atoms with van der Waals surface area (Å²) in [4.78, 5) is 24.9. The largest absolute Gasteiger partial charge is 0.387 e. The Balaban J connectivity index is 1.66. The van der Waals surface area contributed by atoms with E-state index in [2.05, 4.69) is 39.0 Å². The first-order chi connectivity index (χ1) is 15.2. The van der Waals surface area contributed by atoms with E-state index in [1.54, 1.807) is 6.92 Å². The molecule has 2 aromatic rings. The number of aliphatic hydroxyl groups excluding tert-OH is 2. The number of hydrogen-bond acceptors (Lipinski definition) is 9. The van der Waals surface area contributed by atoms with Gasteiger partial charge in [-0.15, -0.1) is 0 Å². The van der Waals surface area contributed by atoms with E-state index in [9.17, 15) is 20.1 Å². The van der Waals surface area contributed by atoms with Crippen molar-refractivity contribution in [1.29, 1.82) is 0 Å². The number of likely N-dealkylation sites (N-methyl/N-ethyl adjacent to an activating group) is 1. The van der Waals surface area contributed by atoms with Gasteiger partial charge in [-0.3, -0.25) is 9.36 Å². The molecule has 32 heavy (non-hydrogen) atoms. The molecule has 4 rings (SSSR count). The van der Waals surface area contributed by atoms with Crippen molar-refractivity contribution < 1.29 is 24.9 Å². The van der Waals surface area contributed by atoms with E-state index in [0.29, 0.717) is 25.3 Å². The normalized spacial score (nSPS) is 32.5. The molecule has 0 aromatic carbocycles. The van der Waals surface area contributed by atoms with Crippen molar-refractivity contribution in [2.45, 2.75) is 69.7 Å². The van der Waals surface area contributed by atoms with Gasteiger partial charge in [0.25, 0.3) is 5.91 Å². The molecule has 1 saturated heterocycles. The molecule has 2 aromatic heterocycles. The molecule has 6 atom stereocenters. The number of fused-ring (bicyclic) bond motifs is 1. The van der Waals surface area contributed by atoms with Crippen LogP contribution in [0.3, 0.4) is 0 Å². The molecule has 1 amide bonds. The van der Waals surface area contributed by atoms with Gasteiger partial charge < -0.3 is 31.1 Å². The van der Waals surface area contributed by atoms with Crippen LogP contribution < -0.4 is 11.1 Å². The van der Waals surface area contributed by atoms with Crippen LogP contribution in [-0.4, -0.2) is 71.2 Å². The van der Waals surface area contributed by atoms with Crippen molar-refractivity contribution in [3.05, 3.63) is 12.2 Å². The van der Waals surface area contributed by atoms with Gasteiger partial charge >= 0.3 is 0 Å². The van der Waals surface area contributed by atoms with E-state index in [1.165, 1.54) is 10.9 Å². The zero-order valence-corrected chi connectivity index (χ0v) is 18.0. The SMILES string of the molecule is CCNC(=O)C1OC(n2cnc3c(N)nc(C#CC4(O)CCCC(C)C4)nc32)C(O)C1O. The fraction of sp³-hybridized carbons (Fsp3) is 0.619. The number of nitrogens with zero attached hydrogens (tertiary/aromatic N) is 4. The number of anilines is 1. The molecule has 11 nitrogen and oxygen atoms in total. The van der Waals surface area contributed by atoms with Crippen molar-refractivity contribution in [3.8, 4) is 11.8 Å². The number of nitrogen functional groups attached to an aromatic ring is 1. The zero-order chi connectivity index (χ0) is 23.0. The number of aromatic nitrogens is 4. The zero-order valence-electron chi connectivity index (χ0n) is 18.0. The predicted octanol–water partition coefficient (Wildman–Crippen LogP) is -0.543. The minimum absolute atomic E-state index is 0.0790. The summed E-state index contributed by atoms with van der Waals surface area (Å²) in [6, 6.07) is 0. The third-order valence-electron chi connectivity index (χ3n) is 5.95. The highest BCUT2D eigenvalue weighted by atomic mass is 16.6. The minimum Gasteiger partial charge on any atom is -0.387 e. The Morgan fingerprint density at radius 3 is 2.91 bits per heavy atom. The molecule has 1 aliphatic heterocycles. The highest BCUT2D eigenvalue weighted by Crippen LogP contribution is 2.33. The molecule has 0 spiro atoms. The smallest absolute Gasteiger partial charge is 0.252 e. The van der Waals surface area contributed by atoms with Gasteiger partial charge in [-0.2, -0.15) is 0 Å². The maximum atomic E-state index is 12.2. The van der Waals surface area contributed by atoms with Crippen molar-refractivity contribution in [1.82, 2.24) is 24.8 Å². The number of rotatable bonds is 3. The van der Waals surface area contributed by atoms with E-state index in [-0.39, 0.29) is 22.8 Å². The Bertz CT molecular complexity index is 1080. The second kappa shape index (κ2) is 8.63. The molecule has 11 heteroatoms. The highest BCUT2D eigenvalue weighted by Gasteiger charge is 2.47. The van der Waals surface area contributed by atoms with Crippen LogP contribution in [0.25, 0.3) is 11.2 Å². The molecule has 0 bridgehead atoms. The monoisotopic (exact) mass is 444 g/mol. The molecule has 172 valence electrons. The highest BCUT2D eigenvalue weighted by molar-refractivity contribution is 5.83. The van der Waals surface area contributed by atoms with Crippen LogP contribution in [0.2, 0.25) is 0 Å². The first kappa shape index (κ1) is 22.4. The van der Waals surface area contributed by atoms with Crippen LogP contribution in [0.5, 0.6) is 0 Å². The van der Waals surface area contributed by atoms with Crippen LogP contribution in [0.4, 0.5) is 5.82 Å². The summed E-state index contributed by atoms with van der Waals surface area (Å²) < 4.78 is 7.04. The van der Waals surface area contributed by atoms with E-state index in [4.69, 9.17) is 10.5 Å². The molecule has 2 aliphatic rings. The Morgan fingerprint density at radius 1 is 1.41 bits per heavy atom. The van der Waals surface area contributed by atoms with Crippen LogP contribution >= 0.6 is 0 Å². The summed E-state index contributed by atoms with van der Waals surface area (Å²) in [5.41, 5.74) is 5.44. The van der Waals surface area contributed by atoms with Crippen LogP contribution in [0.1, 0.15) is 51.6 Å². The standard InChI is InChI=1S/C21H28N6O5/c1-3-23-19(30)16-14(28)15(29)20(32-16)27-10-24-13-17(22)25-12(26-18(13)27)6-8-21(31)7-4-5-11(2)9-21/h10-11,14-16,20,28-29,31H,3-5,7,9H2,1-2H3,(H,23,30)(H2,22,25,26). The summed E-state index contributed by atoms with van der Waals surface area (Å²) >= 11 is 0. The average Bonchev–Trinajstić information content (AvgIpc) is 3.28. The first-order valence-electron chi connectivity index (χ1n) is 10.8. The fourth-order valence-corrected chi connectivity index (χ4v) is 4.37. The number of amides is 1. The number of carbonyl (C=O) groups excluding carboxylic acids is 1. The van der Waals surface area contributed by atoms with Crippen molar-refractivity contribution in [3.63, 3.8) is 0 Å². The first-order valence-corrected chi connectivity index (χ1v) is 10.8. The van der Waals surface area contributed by atoms with Crippen LogP contribution in [0.15, 0.2) is 6.33 Å². The lowest BCUT2D eigenvalue weighted by atomic mass is 9.79. The molecule has 6 unspecified atom stereocenters. The van der Waals surface area contributed by atoms with E-state index in [0.717, 1.165) is 12.8 Å². The van der Waals surface area contributed by atoms with Gasteiger partial charge in [-0.05, 0) is 38.0 Å². The summed E-state index contributed by atoms with van der Waals surface area (Å²) in [6.45, 7) is 4.18. The second-order valence-corrected chi connectivity index (χ2v) is 8.56.